The Kier molecular flexibility index (Phi) is 6.14. The van der Waals surface area contributed by atoms with Crippen LogP contribution in [0.25, 0.3) is 6.08 Å². The van der Waals surface area contributed by atoms with Gasteiger partial charge in [0.1, 0.15) is 5.75 Å². The first-order chi connectivity index (χ1) is 11.7. The van der Waals surface area contributed by atoms with Gasteiger partial charge in [-0.15, -0.1) is 0 Å². The number of benzene rings is 2. The summed E-state index contributed by atoms with van der Waals surface area (Å²) in [5.74, 6) is -0.145. The number of esters is 1. The first kappa shape index (κ1) is 17.3. The first-order valence-electron chi connectivity index (χ1n) is 7.54. The van der Waals surface area contributed by atoms with Gasteiger partial charge in [0, 0.05) is 11.6 Å². The lowest BCUT2D eigenvalue weighted by Gasteiger charge is -2.09. The number of hydrogen-bond acceptors (Lipinski definition) is 4. The van der Waals surface area contributed by atoms with Crippen LogP contribution in [0.4, 0.5) is 5.69 Å². The summed E-state index contributed by atoms with van der Waals surface area (Å²) in [4.78, 5) is 24.0. The van der Waals surface area contributed by atoms with Crippen molar-refractivity contribution in [2.75, 3.05) is 19.0 Å². The van der Waals surface area contributed by atoms with Crippen molar-refractivity contribution in [2.45, 2.75) is 6.92 Å². The molecule has 5 heteroatoms. The van der Waals surface area contributed by atoms with Gasteiger partial charge in [-0.3, -0.25) is 4.79 Å². The number of carbonyl (C=O) groups is 2. The lowest BCUT2D eigenvalue weighted by molar-refractivity contribution is -0.111. The quantitative estimate of drug-likeness (QED) is 0.652. The third-order valence-corrected chi connectivity index (χ3v) is 3.23. The van der Waals surface area contributed by atoms with Crippen molar-refractivity contribution in [3.8, 4) is 5.75 Å². The fourth-order valence-corrected chi connectivity index (χ4v) is 2.12. The van der Waals surface area contributed by atoms with Crippen LogP contribution < -0.4 is 10.1 Å². The van der Waals surface area contributed by atoms with Crippen LogP contribution in [0, 0.1) is 0 Å². The summed E-state index contributed by atoms with van der Waals surface area (Å²) in [7, 11) is 1.57. The summed E-state index contributed by atoms with van der Waals surface area (Å²) < 4.78 is 10.2. The molecule has 24 heavy (non-hydrogen) atoms. The maximum Gasteiger partial charge on any atom is 0.340 e. The van der Waals surface area contributed by atoms with Gasteiger partial charge in [0.2, 0.25) is 5.91 Å². The molecular formula is C19H19NO4. The highest BCUT2D eigenvalue weighted by atomic mass is 16.5. The third-order valence-electron chi connectivity index (χ3n) is 3.23. The Morgan fingerprint density at radius 1 is 1.08 bits per heavy atom. The second kappa shape index (κ2) is 8.53. The van der Waals surface area contributed by atoms with Crippen molar-refractivity contribution in [2.24, 2.45) is 0 Å². The van der Waals surface area contributed by atoms with E-state index in [9.17, 15) is 9.59 Å². The minimum atomic E-state index is -0.470. The highest BCUT2D eigenvalue weighted by Gasteiger charge is 2.12. The highest BCUT2D eigenvalue weighted by Crippen LogP contribution is 2.19. The van der Waals surface area contributed by atoms with Gasteiger partial charge < -0.3 is 14.8 Å². The first-order valence-corrected chi connectivity index (χ1v) is 7.54. The van der Waals surface area contributed by atoms with E-state index in [1.807, 2.05) is 24.3 Å². The molecule has 1 amide bonds. The zero-order valence-corrected chi connectivity index (χ0v) is 13.6. The van der Waals surface area contributed by atoms with Gasteiger partial charge in [0.25, 0.3) is 0 Å². The molecule has 0 unspecified atom stereocenters. The van der Waals surface area contributed by atoms with Gasteiger partial charge in [-0.05, 0) is 31.2 Å². The molecule has 5 nitrogen and oxygen atoms in total. The Morgan fingerprint density at radius 2 is 1.79 bits per heavy atom. The van der Waals surface area contributed by atoms with Gasteiger partial charge >= 0.3 is 5.97 Å². The summed E-state index contributed by atoms with van der Waals surface area (Å²) in [6, 6.07) is 14.1. The third kappa shape index (κ3) is 4.46. The molecule has 2 aromatic rings. The van der Waals surface area contributed by atoms with E-state index in [0.29, 0.717) is 17.0 Å². The minimum Gasteiger partial charge on any atom is -0.496 e. The monoisotopic (exact) mass is 325 g/mol. The second-order valence-corrected chi connectivity index (χ2v) is 4.83. The van der Waals surface area contributed by atoms with Crippen LogP contribution in [0.5, 0.6) is 5.75 Å². The summed E-state index contributed by atoms with van der Waals surface area (Å²) in [6.45, 7) is 2.00. The Balaban J connectivity index is 2.13. The molecule has 0 bridgehead atoms. The second-order valence-electron chi connectivity index (χ2n) is 4.83. The zero-order valence-electron chi connectivity index (χ0n) is 13.6. The number of nitrogens with one attached hydrogen (secondary N) is 1. The Bertz CT molecular complexity index is 753. The normalized spacial score (nSPS) is 10.4. The van der Waals surface area contributed by atoms with Crippen molar-refractivity contribution < 1.29 is 19.1 Å². The summed E-state index contributed by atoms with van der Waals surface area (Å²) in [5, 5.41) is 2.69. The Hall–Kier alpha value is -3.08. The summed E-state index contributed by atoms with van der Waals surface area (Å²) in [5.41, 5.74) is 1.51. The number of anilines is 1. The van der Waals surface area contributed by atoms with Crippen molar-refractivity contribution in [1.82, 2.24) is 0 Å². The standard InChI is InChI=1S/C19H19NO4/c1-3-24-19(22)15-9-5-6-10-16(15)20-18(21)13-12-14-8-4-7-11-17(14)23-2/h4-13H,3H2,1-2H3,(H,20,21). The van der Waals surface area contributed by atoms with E-state index in [1.54, 1.807) is 44.4 Å². The molecular weight excluding hydrogens is 306 g/mol. The lowest BCUT2D eigenvalue weighted by atomic mass is 10.1. The van der Waals surface area contributed by atoms with Crippen molar-refractivity contribution in [3.05, 3.63) is 65.7 Å². The predicted octanol–water partition coefficient (Wildman–Crippen LogP) is 3.52. The number of rotatable bonds is 6. The molecule has 0 heterocycles. The summed E-state index contributed by atoms with van der Waals surface area (Å²) in [6.07, 6.45) is 3.04. The zero-order chi connectivity index (χ0) is 17.4. The SMILES string of the molecule is CCOC(=O)c1ccccc1NC(=O)C=Cc1ccccc1OC. The average molecular weight is 325 g/mol. The highest BCUT2D eigenvalue weighted by molar-refractivity contribution is 6.06. The van der Waals surface area contributed by atoms with Crippen molar-refractivity contribution >= 4 is 23.6 Å². The molecule has 2 rings (SSSR count). The molecule has 0 fully saturated rings. The molecule has 1 N–H and O–H groups in total. The van der Waals surface area contributed by atoms with Gasteiger partial charge in [0.05, 0.1) is 25.0 Å². The molecule has 0 spiro atoms. The molecule has 0 aliphatic rings. The smallest absolute Gasteiger partial charge is 0.340 e. The molecule has 0 radical (unpaired) electrons. The van der Waals surface area contributed by atoms with Crippen LogP contribution in [-0.4, -0.2) is 25.6 Å². The van der Waals surface area contributed by atoms with Gasteiger partial charge in [-0.25, -0.2) is 4.79 Å². The predicted molar refractivity (Wildman–Crippen MR) is 93.1 cm³/mol. The molecule has 124 valence electrons. The number of ether oxygens (including phenoxy) is 2. The molecule has 0 saturated heterocycles. The lowest BCUT2D eigenvalue weighted by Crippen LogP contribution is -2.13. The van der Waals surface area contributed by atoms with Gasteiger partial charge in [-0.1, -0.05) is 30.3 Å². The van der Waals surface area contributed by atoms with Crippen molar-refractivity contribution in [3.63, 3.8) is 0 Å². The molecule has 0 aromatic heterocycles. The van der Waals surface area contributed by atoms with Crippen LogP contribution in [0.1, 0.15) is 22.8 Å². The van der Waals surface area contributed by atoms with E-state index in [-0.39, 0.29) is 12.5 Å². The maximum atomic E-state index is 12.1. The van der Waals surface area contributed by atoms with Gasteiger partial charge in [-0.2, -0.15) is 0 Å². The molecule has 0 atom stereocenters. The van der Waals surface area contributed by atoms with Crippen molar-refractivity contribution in [1.29, 1.82) is 0 Å². The minimum absolute atomic E-state index is 0.273. The Labute approximate surface area is 140 Å². The van der Waals surface area contributed by atoms with Crippen LogP contribution in [0.3, 0.4) is 0 Å². The van der Waals surface area contributed by atoms with Crippen LogP contribution >= 0.6 is 0 Å². The number of amides is 1. The fraction of sp³-hybridized carbons (Fsp3) is 0.158. The molecule has 0 saturated carbocycles. The molecule has 2 aromatic carbocycles. The van der Waals surface area contributed by atoms with Gasteiger partial charge in [0.15, 0.2) is 0 Å². The number of carbonyl (C=O) groups excluding carboxylic acids is 2. The van der Waals surface area contributed by atoms with E-state index < -0.39 is 5.97 Å². The molecule has 0 aliphatic carbocycles. The number of para-hydroxylation sites is 2. The van der Waals surface area contributed by atoms with E-state index in [0.717, 1.165) is 5.56 Å². The van der Waals surface area contributed by atoms with E-state index in [2.05, 4.69) is 5.32 Å². The average Bonchev–Trinajstić information content (AvgIpc) is 2.61. The fourth-order valence-electron chi connectivity index (χ4n) is 2.12. The summed E-state index contributed by atoms with van der Waals surface area (Å²) >= 11 is 0. The number of hydrogen-bond donors (Lipinski definition) is 1. The van der Waals surface area contributed by atoms with E-state index in [1.165, 1.54) is 6.08 Å². The van der Waals surface area contributed by atoms with Crippen LogP contribution in [-0.2, 0) is 9.53 Å². The Morgan fingerprint density at radius 3 is 2.54 bits per heavy atom. The van der Waals surface area contributed by atoms with E-state index >= 15 is 0 Å². The van der Waals surface area contributed by atoms with Crippen LogP contribution in [0.2, 0.25) is 0 Å². The number of methoxy groups -OCH3 is 1. The van der Waals surface area contributed by atoms with E-state index in [4.69, 9.17) is 9.47 Å². The topological polar surface area (TPSA) is 64.6 Å². The largest absolute Gasteiger partial charge is 0.496 e. The van der Waals surface area contributed by atoms with Crippen LogP contribution in [0.15, 0.2) is 54.6 Å². The molecule has 0 aliphatic heterocycles. The maximum absolute atomic E-state index is 12.1.